The second-order valence-electron chi connectivity index (χ2n) is 6.14. The van der Waals surface area contributed by atoms with E-state index in [1.54, 1.807) is 0 Å². The predicted octanol–water partition coefficient (Wildman–Crippen LogP) is 3.87. The van der Waals surface area contributed by atoms with E-state index in [1.807, 2.05) is 37.4 Å². The molecule has 0 saturated heterocycles. The van der Waals surface area contributed by atoms with E-state index in [0.29, 0.717) is 5.75 Å². The third kappa shape index (κ3) is 6.04. The van der Waals surface area contributed by atoms with Gasteiger partial charge in [0.25, 0.3) is 0 Å². The lowest BCUT2D eigenvalue weighted by atomic mass is 10.1. The van der Waals surface area contributed by atoms with Crippen molar-refractivity contribution in [1.82, 2.24) is 10.0 Å². The number of amides is 1. The summed E-state index contributed by atoms with van der Waals surface area (Å²) < 4.78 is 42.3. The maximum Gasteiger partial charge on any atom is 0.244 e. The van der Waals surface area contributed by atoms with Crippen molar-refractivity contribution in [2.45, 2.75) is 30.3 Å². The first-order valence-corrected chi connectivity index (χ1v) is 12.2. The summed E-state index contributed by atoms with van der Waals surface area (Å²) in [5.74, 6) is -0.751. The third-order valence-electron chi connectivity index (χ3n) is 4.08. The van der Waals surface area contributed by atoms with Crippen molar-refractivity contribution < 1.29 is 17.6 Å². The van der Waals surface area contributed by atoms with Crippen LogP contribution in [0.5, 0.6) is 0 Å². The molecule has 0 aliphatic rings. The van der Waals surface area contributed by atoms with E-state index in [2.05, 4.69) is 26.0 Å². The first kappa shape index (κ1) is 22.9. The van der Waals surface area contributed by atoms with Crippen molar-refractivity contribution in [2.24, 2.45) is 0 Å². The van der Waals surface area contributed by atoms with Crippen LogP contribution in [-0.2, 0) is 14.8 Å². The molecule has 2 atom stereocenters. The standard InChI is InChI=1S/C19H22BrFN2O3S2/c1-13(14-7-3-4-8-15(14)20)22-19(24)17(11-12-27-2)23-28(25,26)18-10-6-5-9-16(18)21/h3-10,13,17,23H,11-12H2,1-2H3,(H,22,24). The van der Waals surface area contributed by atoms with Crippen molar-refractivity contribution in [2.75, 3.05) is 12.0 Å². The molecule has 0 aromatic heterocycles. The number of carbonyl (C=O) groups excluding carboxylic acids is 1. The molecule has 0 bridgehead atoms. The summed E-state index contributed by atoms with van der Waals surface area (Å²) >= 11 is 4.94. The minimum Gasteiger partial charge on any atom is -0.348 e. The summed E-state index contributed by atoms with van der Waals surface area (Å²) in [4.78, 5) is 12.3. The van der Waals surface area contributed by atoms with Crippen LogP contribution >= 0.6 is 27.7 Å². The maximum absolute atomic E-state index is 13.9. The van der Waals surface area contributed by atoms with Gasteiger partial charge in [-0.2, -0.15) is 16.5 Å². The molecule has 0 heterocycles. The minimum absolute atomic E-state index is 0.281. The molecule has 0 aliphatic heterocycles. The van der Waals surface area contributed by atoms with Crippen LogP contribution in [0.2, 0.25) is 0 Å². The number of sulfonamides is 1. The Morgan fingerprint density at radius 3 is 2.46 bits per heavy atom. The number of benzene rings is 2. The van der Waals surface area contributed by atoms with Gasteiger partial charge in [-0.25, -0.2) is 12.8 Å². The van der Waals surface area contributed by atoms with Crippen LogP contribution in [0.4, 0.5) is 4.39 Å². The first-order chi connectivity index (χ1) is 13.3. The monoisotopic (exact) mass is 488 g/mol. The van der Waals surface area contributed by atoms with Gasteiger partial charge >= 0.3 is 0 Å². The average Bonchev–Trinajstić information content (AvgIpc) is 2.65. The molecule has 2 rings (SSSR count). The predicted molar refractivity (Wildman–Crippen MR) is 114 cm³/mol. The van der Waals surface area contributed by atoms with Crippen LogP contribution < -0.4 is 10.0 Å². The molecule has 5 nitrogen and oxygen atoms in total. The Balaban J connectivity index is 2.19. The van der Waals surface area contributed by atoms with E-state index < -0.39 is 32.7 Å². The molecule has 1 amide bonds. The van der Waals surface area contributed by atoms with Gasteiger partial charge in [0.2, 0.25) is 15.9 Å². The van der Waals surface area contributed by atoms with Crippen LogP contribution in [0.25, 0.3) is 0 Å². The van der Waals surface area contributed by atoms with Crippen molar-refractivity contribution in [3.63, 3.8) is 0 Å². The molecule has 2 N–H and O–H groups in total. The van der Waals surface area contributed by atoms with Crippen LogP contribution in [-0.4, -0.2) is 32.4 Å². The SMILES string of the molecule is CSCCC(NS(=O)(=O)c1ccccc1F)C(=O)NC(C)c1ccccc1Br. The lowest BCUT2D eigenvalue weighted by Gasteiger charge is -2.22. The van der Waals surface area contributed by atoms with Gasteiger partial charge in [0.15, 0.2) is 0 Å². The quantitative estimate of drug-likeness (QED) is 0.561. The average molecular weight is 489 g/mol. The van der Waals surface area contributed by atoms with Gasteiger partial charge in [0.1, 0.15) is 16.8 Å². The summed E-state index contributed by atoms with van der Waals surface area (Å²) in [6, 6.07) is 11.2. The zero-order valence-electron chi connectivity index (χ0n) is 15.5. The summed E-state index contributed by atoms with van der Waals surface area (Å²) in [6.45, 7) is 1.81. The number of carbonyl (C=O) groups is 1. The van der Waals surface area contributed by atoms with Gasteiger partial charge in [-0.1, -0.05) is 46.3 Å². The molecule has 2 aromatic rings. The van der Waals surface area contributed by atoms with E-state index in [9.17, 15) is 17.6 Å². The highest BCUT2D eigenvalue weighted by molar-refractivity contribution is 9.10. The molecular weight excluding hydrogens is 467 g/mol. The van der Waals surface area contributed by atoms with Crippen LogP contribution in [0, 0.1) is 5.82 Å². The van der Waals surface area contributed by atoms with Crippen LogP contribution in [0.15, 0.2) is 57.9 Å². The largest absolute Gasteiger partial charge is 0.348 e. The van der Waals surface area contributed by atoms with E-state index in [-0.39, 0.29) is 12.5 Å². The Hall–Kier alpha value is -1.42. The maximum atomic E-state index is 13.9. The molecule has 0 saturated carbocycles. The summed E-state index contributed by atoms with van der Waals surface area (Å²) in [7, 11) is -4.18. The zero-order chi connectivity index (χ0) is 20.7. The third-order valence-corrected chi connectivity index (χ3v) is 6.95. The van der Waals surface area contributed by atoms with Crippen molar-refractivity contribution in [3.8, 4) is 0 Å². The van der Waals surface area contributed by atoms with Gasteiger partial charge in [-0.15, -0.1) is 0 Å². The minimum atomic E-state index is -4.18. The molecule has 0 spiro atoms. The van der Waals surface area contributed by atoms with Gasteiger partial charge in [0, 0.05) is 4.47 Å². The Bertz CT molecular complexity index is 925. The highest BCUT2D eigenvalue weighted by Gasteiger charge is 2.28. The molecule has 2 unspecified atom stereocenters. The Morgan fingerprint density at radius 2 is 1.82 bits per heavy atom. The molecule has 28 heavy (non-hydrogen) atoms. The van der Waals surface area contributed by atoms with Crippen molar-refractivity contribution >= 4 is 43.6 Å². The number of nitrogens with one attached hydrogen (secondary N) is 2. The topological polar surface area (TPSA) is 75.3 Å². The van der Waals surface area contributed by atoms with E-state index in [0.717, 1.165) is 16.1 Å². The van der Waals surface area contributed by atoms with E-state index in [4.69, 9.17) is 0 Å². The lowest BCUT2D eigenvalue weighted by molar-refractivity contribution is -0.123. The molecule has 0 aliphatic carbocycles. The van der Waals surface area contributed by atoms with E-state index >= 15 is 0 Å². The van der Waals surface area contributed by atoms with Crippen LogP contribution in [0.3, 0.4) is 0 Å². The Labute approximate surface area is 177 Å². The highest BCUT2D eigenvalue weighted by atomic mass is 79.9. The lowest BCUT2D eigenvalue weighted by Crippen LogP contribution is -2.47. The normalized spacial score (nSPS) is 13.7. The van der Waals surface area contributed by atoms with E-state index in [1.165, 1.54) is 30.0 Å². The molecular formula is C19H22BrFN2O3S2. The van der Waals surface area contributed by atoms with Crippen molar-refractivity contribution in [3.05, 3.63) is 64.4 Å². The fourth-order valence-corrected chi connectivity index (χ4v) is 5.02. The second-order valence-corrected chi connectivity index (χ2v) is 9.66. The number of rotatable bonds is 9. The fourth-order valence-electron chi connectivity index (χ4n) is 2.61. The van der Waals surface area contributed by atoms with Gasteiger partial charge in [-0.3, -0.25) is 4.79 Å². The molecule has 2 aromatic carbocycles. The fraction of sp³-hybridized carbons (Fsp3) is 0.316. The molecule has 0 fully saturated rings. The van der Waals surface area contributed by atoms with Crippen molar-refractivity contribution in [1.29, 1.82) is 0 Å². The number of hydrogen-bond donors (Lipinski definition) is 2. The number of thioether (sulfide) groups is 1. The molecule has 152 valence electrons. The van der Waals surface area contributed by atoms with Crippen LogP contribution in [0.1, 0.15) is 24.9 Å². The van der Waals surface area contributed by atoms with Gasteiger partial charge in [0.05, 0.1) is 6.04 Å². The summed E-state index contributed by atoms with van der Waals surface area (Å²) in [5, 5.41) is 2.84. The zero-order valence-corrected chi connectivity index (χ0v) is 18.7. The summed E-state index contributed by atoms with van der Waals surface area (Å²) in [5.41, 5.74) is 0.872. The summed E-state index contributed by atoms with van der Waals surface area (Å²) in [6.07, 6.45) is 2.15. The Kier molecular flexibility index (Phi) is 8.48. The highest BCUT2D eigenvalue weighted by Crippen LogP contribution is 2.23. The smallest absolute Gasteiger partial charge is 0.244 e. The Morgan fingerprint density at radius 1 is 1.18 bits per heavy atom. The first-order valence-electron chi connectivity index (χ1n) is 8.57. The number of hydrogen-bond acceptors (Lipinski definition) is 4. The molecule has 0 radical (unpaired) electrons. The number of halogens is 2. The molecule has 9 heteroatoms. The van der Waals surface area contributed by atoms with Gasteiger partial charge < -0.3 is 5.32 Å². The second kappa shape index (κ2) is 10.4. The van der Waals surface area contributed by atoms with Gasteiger partial charge in [-0.05, 0) is 49.1 Å².